The van der Waals surface area contributed by atoms with E-state index in [0.717, 1.165) is 11.0 Å². The van der Waals surface area contributed by atoms with Crippen LogP contribution in [0.2, 0.25) is 0 Å². The van der Waals surface area contributed by atoms with Crippen LogP contribution in [0.5, 0.6) is 0 Å². The summed E-state index contributed by atoms with van der Waals surface area (Å²) in [5.74, 6) is -0.0921. The van der Waals surface area contributed by atoms with Crippen molar-refractivity contribution in [3.8, 4) is 0 Å². The number of ether oxygens (including phenoxy) is 1. The fraction of sp³-hybridized carbons (Fsp3) is 0.273. The van der Waals surface area contributed by atoms with Gasteiger partial charge in [0.05, 0.1) is 11.0 Å². The minimum atomic E-state index is -0.0921. The Labute approximate surface area is 87.5 Å². The van der Waals surface area contributed by atoms with Crippen LogP contribution in [0.25, 0.3) is 11.0 Å². The topological polar surface area (TPSA) is 44.1 Å². The van der Waals surface area contributed by atoms with E-state index in [4.69, 9.17) is 4.74 Å². The van der Waals surface area contributed by atoms with Crippen molar-refractivity contribution in [1.82, 2.24) is 9.55 Å². The molecule has 1 aromatic heterocycles. The highest BCUT2D eigenvalue weighted by molar-refractivity contribution is 5.90. The molecule has 0 atom stereocenters. The van der Waals surface area contributed by atoms with Crippen molar-refractivity contribution in [2.45, 2.75) is 6.92 Å². The van der Waals surface area contributed by atoms with Gasteiger partial charge in [-0.05, 0) is 19.1 Å². The maximum atomic E-state index is 11.7. The maximum Gasteiger partial charge on any atom is 0.258 e. The highest BCUT2D eigenvalue weighted by atomic mass is 16.5. The van der Waals surface area contributed by atoms with Crippen molar-refractivity contribution in [3.63, 3.8) is 0 Å². The van der Waals surface area contributed by atoms with Crippen LogP contribution >= 0.6 is 0 Å². The highest BCUT2D eigenvalue weighted by Gasteiger charge is 2.08. The van der Waals surface area contributed by atoms with Gasteiger partial charge in [0, 0.05) is 6.61 Å². The minimum absolute atomic E-state index is 0.0921. The SMILES string of the molecule is CCOCC(=O)n1cnc2ccccc21. The molecule has 78 valence electrons. The second-order valence-corrected chi connectivity index (χ2v) is 3.13. The lowest BCUT2D eigenvalue weighted by molar-refractivity contribution is 0.0703. The average molecular weight is 204 g/mol. The van der Waals surface area contributed by atoms with Gasteiger partial charge in [-0.3, -0.25) is 9.36 Å². The van der Waals surface area contributed by atoms with Gasteiger partial charge in [-0.25, -0.2) is 4.98 Å². The van der Waals surface area contributed by atoms with E-state index in [-0.39, 0.29) is 12.5 Å². The van der Waals surface area contributed by atoms with Crippen molar-refractivity contribution in [2.75, 3.05) is 13.2 Å². The predicted octanol–water partition coefficient (Wildman–Crippen LogP) is 1.71. The standard InChI is InChI=1S/C11H12N2O2/c1-2-15-7-11(14)13-8-12-9-5-3-4-6-10(9)13/h3-6,8H,2,7H2,1H3. The molecule has 2 rings (SSSR count). The fourth-order valence-electron chi connectivity index (χ4n) is 1.42. The summed E-state index contributed by atoms with van der Waals surface area (Å²) in [6, 6.07) is 7.52. The molecule has 0 amide bonds. The zero-order chi connectivity index (χ0) is 10.7. The Bertz CT molecular complexity index is 476. The van der Waals surface area contributed by atoms with E-state index in [0.29, 0.717) is 6.61 Å². The van der Waals surface area contributed by atoms with Crippen LogP contribution < -0.4 is 0 Å². The molecular weight excluding hydrogens is 192 g/mol. The van der Waals surface area contributed by atoms with Crippen LogP contribution in [0.15, 0.2) is 30.6 Å². The number of hydrogen-bond acceptors (Lipinski definition) is 3. The van der Waals surface area contributed by atoms with E-state index in [1.165, 1.54) is 10.9 Å². The van der Waals surface area contributed by atoms with E-state index >= 15 is 0 Å². The van der Waals surface area contributed by atoms with Gasteiger partial charge in [-0.1, -0.05) is 12.1 Å². The van der Waals surface area contributed by atoms with Gasteiger partial charge in [0.1, 0.15) is 12.9 Å². The number of para-hydroxylation sites is 2. The molecule has 0 aliphatic rings. The Morgan fingerprint density at radius 2 is 2.27 bits per heavy atom. The molecule has 4 nitrogen and oxygen atoms in total. The normalized spacial score (nSPS) is 10.7. The van der Waals surface area contributed by atoms with E-state index in [1.54, 1.807) is 0 Å². The lowest BCUT2D eigenvalue weighted by Crippen LogP contribution is -2.16. The van der Waals surface area contributed by atoms with Crippen LogP contribution in [0.3, 0.4) is 0 Å². The number of hydrogen-bond donors (Lipinski definition) is 0. The number of nitrogens with zero attached hydrogens (tertiary/aromatic N) is 2. The number of carbonyl (C=O) groups is 1. The van der Waals surface area contributed by atoms with Crippen molar-refractivity contribution < 1.29 is 9.53 Å². The van der Waals surface area contributed by atoms with Gasteiger partial charge in [-0.15, -0.1) is 0 Å². The van der Waals surface area contributed by atoms with Gasteiger partial charge in [0.25, 0.3) is 5.91 Å². The average Bonchev–Trinajstić information content (AvgIpc) is 2.69. The third kappa shape index (κ3) is 1.89. The van der Waals surface area contributed by atoms with Crippen molar-refractivity contribution in [3.05, 3.63) is 30.6 Å². The summed E-state index contributed by atoms with van der Waals surface area (Å²) in [4.78, 5) is 15.8. The first-order valence-corrected chi connectivity index (χ1v) is 4.86. The molecule has 0 fully saturated rings. The summed E-state index contributed by atoms with van der Waals surface area (Å²) in [5, 5.41) is 0. The molecule has 0 spiro atoms. The maximum absolute atomic E-state index is 11.7. The quantitative estimate of drug-likeness (QED) is 0.764. The molecule has 0 bridgehead atoms. The Hall–Kier alpha value is -1.68. The molecular formula is C11H12N2O2. The van der Waals surface area contributed by atoms with Crippen LogP contribution in [-0.4, -0.2) is 28.7 Å². The first-order valence-electron chi connectivity index (χ1n) is 4.86. The first kappa shape index (κ1) is 9.86. The zero-order valence-corrected chi connectivity index (χ0v) is 8.51. The van der Waals surface area contributed by atoms with E-state index < -0.39 is 0 Å². The van der Waals surface area contributed by atoms with E-state index in [1.807, 2.05) is 31.2 Å². The smallest absolute Gasteiger partial charge is 0.258 e. The van der Waals surface area contributed by atoms with Crippen LogP contribution in [0.4, 0.5) is 0 Å². The number of fused-ring (bicyclic) bond motifs is 1. The molecule has 1 heterocycles. The van der Waals surface area contributed by atoms with Gasteiger partial charge in [0.2, 0.25) is 0 Å². The molecule has 4 heteroatoms. The molecule has 2 aromatic rings. The van der Waals surface area contributed by atoms with Gasteiger partial charge < -0.3 is 4.74 Å². The fourth-order valence-corrected chi connectivity index (χ4v) is 1.42. The van der Waals surface area contributed by atoms with Crippen molar-refractivity contribution >= 4 is 16.9 Å². The summed E-state index contributed by atoms with van der Waals surface area (Å²) in [5.41, 5.74) is 1.64. The summed E-state index contributed by atoms with van der Waals surface area (Å²) in [6.07, 6.45) is 1.53. The number of rotatable bonds is 3. The second kappa shape index (κ2) is 4.23. The van der Waals surface area contributed by atoms with E-state index in [2.05, 4.69) is 4.98 Å². The molecule has 0 aliphatic heterocycles. The molecule has 0 saturated carbocycles. The Morgan fingerprint density at radius 1 is 1.47 bits per heavy atom. The van der Waals surface area contributed by atoms with Crippen LogP contribution in [-0.2, 0) is 4.74 Å². The molecule has 15 heavy (non-hydrogen) atoms. The monoisotopic (exact) mass is 204 g/mol. The summed E-state index contributed by atoms with van der Waals surface area (Å²) in [6.45, 7) is 2.49. The van der Waals surface area contributed by atoms with Gasteiger partial charge >= 0.3 is 0 Å². The number of aromatic nitrogens is 2. The largest absolute Gasteiger partial charge is 0.372 e. The molecule has 0 N–H and O–H groups in total. The van der Waals surface area contributed by atoms with Crippen LogP contribution in [0, 0.1) is 0 Å². The number of benzene rings is 1. The summed E-state index contributed by atoms with van der Waals surface area (Å²) >= 11 is 0. The summed E-state index contributed by atoms with van der Waals surface area (Å²) < 4.78 is 6.59. The third-order valence-electron chi connectivity index (χ3n) is 2.15. The summed E-state index contributed by atoms with van der Waals surface area (Å²) in [7, 11) is 0. The predicted molar refractivity (Wildman–Crippen MR) is 56.9 cm³/mol. The van der Waals surface area contributed by atoms with Crippen molar-refractivity contribution in [1.29, 1.82) is 0 Å². The lowest BCUT2D eigenvalue weighted by atomic mass is 10.3. The van der Waals surface area contributed by atoms with Gasteiger partial charge in [-0.2, -0.15) is 0 Å². The minimum Gasteiger partial charge on any atom is -0.372 e. The number of carbonyl (C=O) groups excluding carboxylic acids is 1. The highest BCUT2D eigenvalue weighted by Crippen LogP contribution is 2.11. The molecule has 0 saturated heterocycles. The molecule has 0 aliphatic carbocycles. The number of imidazole rings is 1. The van der Waals surface area contributed by atoms with Crippen LogP contribution in [0.1, 0.15) is 11.7 Å². The Kier molecular flexibility index (Phi) is 2.78. The molecule has 0 unspecified atom stereocenters. The third-order valence-corrected chi connectivity index (χ3v) is 2.15. The lowest BCUT2D eigenvalue weighted by Gasteiger charge is -2.02. The Morgan fingerprint density at radius 3 is 3.07 bits per heavy atom. The molecule has 0 radical (unpaired) electrons. The second-order valence-electron chi connectivity index (χ2n) is 3.13. The zero-order valence-electron chi connectivity index (χ0n) is 8.51. The van der Waals surface area contributed by atoms with Gasteiger partial charge in [0.15, 0.2) is 0 Å². The van der Waals surface area contributed by atoms with Crippen molar-refractivity contribution in [2.24, 2.45) is 0 Å². The molecule has 1 aromatic carbocycles. The first-order chi connectivity index (χ1) is 7.33. The Balaban J connectivity index is 2.31. The van der Waals surface area contributed by atoms with E-state index in [9.17, 15) is 4.79 Å².